The lowest BCUT2D eigenvalue weighted by molar-refractivity contribution is -0.187. The molecule has 1 aromatic rings. The van der Waals surface area contributed by atoms with Crippen molar-refractivity contribution in [2.45, 2.75) is 113 Å². The molecule has 3 saturated heterocycles. The molecular weight excluding hydrogens is 416 g/mol. The third kappa shape index (κ3) is 2.46. The Morgan fingerprint density at radius 2 is 1.97 bits per heavy atom. The van der Waals surface area contributed by atoms with Gasteiger partial charge >= 0.3 is 0 Å². The maximum absolute atomic E-state index is 11.1. The van der Waals surface area contributed by atoms with Crippen LogP contribution in [0.25, 0.3) is 0 Å². The Labute approximate surface area is 196 Å². The fraction of sp³-hybridized carbons (Fsp3) is 0.714. The molecular formula is C28H36O5. The number of fused-ring (bicyclic) bond motifs is 5. The molecule has 33 heavy (non-hydrogen) atoms. The fourth-order valence-corrected chi connectivity index (χ4v) is 8.38. The molecule has 3 aliphatic heterocycles. The summed E-state index contributed by atoms with van der Waals surface area (Å²) in [6.07, 6.45) is 7.95. The number of rotatable bonds is 2. The zero-order valence-electron chi connectivity index (χ0n) is 20.1. The van der Waals surface area contributed by atoms with Gasteiger partial charge in [-0.2, -0.15) is 0 Å². The van der Waals surface area contributed by atoms with Gasteiger partial charge in [-0.25, -0.2) is 0 Å². The lowest BCUT2D eigenvalue weighted by Crippen LogP contribution is -2.57. The van der Waals surface area contributed by atoms with Crippen molar-refractivity contribution >= 4 is 0 Å². The highest BCUT2D eigenvalue weighted by molar-refractivity contribution is 5.43. The number of hydrogen-bond donors (Lipinski definition) is 2. The van der Waals surface area contributed by atoms with E-state index < -0.39 is 18.0 Å². The molecule has 7 rings (SSSR count). The van der Waals surface area contributed by atoms with Crippen molar-refractivity contribution in [3.63, 3.8) is 0 Å². The lowest BCUT2D eigenvalue weighted by Gasteiger charge is -2.54. The summed E-state index contributed by atoms with van der Waals surface area (Å²) in [7, 11) is 0. The van der Waals surface area contributed by atoms with Crippen molar-refractivity contribution in [2.24, 2.45) is 11.3 Å². The molecule has 0 radical (unpaired) electrons. The standard InChI is InChI=1S/C28H36O5/c1-15(21-14-25(2)27(4,33-25)24(30)31-21)16-7-9-18-17(12-16)8-10-20-19(18)13-23-28(32-23)11-5-6-22(29)26(20,28)3/h5-7,9,12,15,19-24,29-30H,8,10-11,13-14H2,1-4H3/t15-,19-,20-,21+,22-,23-,24+,25-,26-,27+,28-/m0/s1. The highest BCUT2D eigenvalue weighted by atomic mass is 16.7. The second-order valence-electron chi connectivity index (χ2n) is 12.3. The molecule has 0 bridgehead atoms. The summed E-state index contributed by atoms with van der Waals surface area (Å²) in [6.45, 7) is 8.51. The van der Waals surface area contributed by atoms with Crippen LogP contribution in [0, 0.1) is 11.3 Å². The van der Waals surface area contributed by atoms with E-state index in [-0.39, 0.29) is 34.7 Å². The smallest absolute Gasteiger partial charge is 0.186 e. The van der Waals surface area contributed by atoms with E-state index in [0.717, 1.165) is 32.1 Å². The average molecular weight is 453 g/mol. The molecule has 178 valence electrons. The summed E-state index contributed by atoms with van der Waals surface area (Å²) in [5.74, 6) is 1.06. The predicted octanol–water partition coefficient (Wildman–Crippen LogP) is 3.96. The Balaban J connectivity index is 1.17. The largest absolute Gasteiger partial charge is 0.388 e. The number of hydrogen-bond acceptors (Lipinski definition) is 5. The molecule has 11 atom stereocenters. The third-order valence-electron chi connectivity index (χ3n) is 11.0. The van der Waals surface area contributed by atoms with Crippen molar-refractivity contribution in [3.8, 4) is 0 Å². The quantitative estimate of drug-likeness (QED) is 0.525. The fourth-order valence-electron chi connectivity index (χ4n) is 8.38. The number of ether oxygens (including phenoxy) is 3. The van der Waals surface area contributed by atoms with Crippen LogP contribution in [0.15, 0.2) is 30.4 Å². The van der Waals surface area contributed by atoms with Crippen molar-refractivity contribution in [2.75, 3.05) is 0 Å². The van der Waals surface area contributed by atoms with E-state index in [9.17, 15) is 10.2 Å². The summed E-state index contributed by atoms with van der Waals surface area (Å²) in [5, 5.41) is 21.6. The van der Waals surface area contributed by atoms with Gasteiger partial charge in [0.25, 0.3) is 0 Å². The van der Waals surface area contributed by atoms with Crippen LogP contribution in [0.2, 0.25) is 0 Å². The first-order valence-corrected chi connectivity index (χ1v) is 12.8. The Hall–Kier alpha value is -1.24. The van der Waals surface area contributed by atoms with E-state index in [0.29, 0.717) is 11.8 Å². The SMILES string of the molecule is C[C@@H](c1ccc2c(c1)CC[C@H]1[C@H]2C[C@@H]2O[C@@]23CC=C[C@H](O)[C@]13C)[C@H]1C[C@]2(C)O[C@]2(C)[C@H](O)O1. The van der Waals surface area contributed by atoms with Crippen LogP contribution in [0.3, 0.4) is 0 Å². The average Bonchev–Trinajstić information content (AvgIpc) is 3.64. The summed E-state index contributed by atoms with van der Waals surface area (Å²) < 4.78 is 18.3. The highest BCUT2D eigenvalue weighted by Crippen LogP contribution is 2.70. The number of benzene rings is 1. The molecule has 4 fully saturated rings. The van der Waals surface area contributed by atoms with Gasteiger partial charge in [0.05, 0.1) is 18.3 Å². The van der Waals surface area contributed by atoms with Gasteiger partial charge < -0.3 is 24.4 Å². The van der Waals surface area contributed by atoms with E-state index in [1.807, 2.05) is 13.0 Å². The maximum atomic E-state index is 11.1. The number of aliphatic hydroxyl groups excluding tert-OH is 2. The van der Waals surface area contributed by atoms with E-state index in [1.165, 1.54) is 16.7 Å². The van der Waals surface area contributed by atoms with Crippen LogP contribution in [0.4, 0.5) is 0 Å². The minimum atomic E-state index is -0.875. The van der Waals surface area contributed by atoms with Crippen LogP contribution < -0.4 is 0 Å². The molecule has 5 nitrogen and oxygen atoms in total. The topological polar surface area (TPSA) is 74.8 Å². The first-order valence-electron chi connectivity index (χ1n) is 12.8. The molecule has 2 N–H and O–H groups in total. The maximum Gasteiger partial charge on any atom is 0.186 e. The van der Waals surface area contributed by atoms with Gasteiger partial charge in [-0.3, -0.25) is 0 Å². The van der Waals surface area contributed by atoms with Crippen molar-refractivity contribution in [3.05, 3.63) is 47.0 Å². The number of aryl methyl sites for hydroxylation is 1. The molecule has 1 spiro atoms. The Morgan fingerprint density at radius 1 is 1.15 bits per heavy atom. The second kappa shape index (κ2) is 6.30. The van der Waals surface area contributed by atoms with Gasteiger partial charge in [0, 0.05) is 17.8 Å². The predicted molar refractivity (Wildman–Crippen MR) is 123 cm³/mol. The van der Waals surface area contributed by atoms with Crippen molar-refractivity contribution in [1.29, 1.82) is 0 Å². The highest BCUT2D eigenvalue weighted by Gasteiger charge is 2.75. The normalized spacial score (nSPS) is 54.2. The second-order valence-corrected chi connectivity index (χ2v) is 12.3. The van der Waals surface area contributed by atoms with Crippen LogP contribution in [-0.4, -0.2) is 51.6 Å². The molecule has 0 unspecified atom stereocenters. The molecule has 1 aromatic carbocycles. The van der Waals surface area contributed by atoms with Crippen LogP contribution in [-0.2, 0) is 20.6 Å². The van der Waals surface area contributed by atoms with Gasteiger partial charge in [0.1, 0.15) is 16.8 Å². The van der Waals surface area contributed by atoms with Crippen LogP contribution in [0.1, 0.15) is 81.9 Å². The number of epoxide rings is 2. The summed E-state index contributed by atoms with van der Waals surface area (Å²) in [6, 6.07) is 6.98. The van der Waals surface area contributed by atoms with E-state index >= 15 is 0 Å². The molecule has 0 amide bonds. The molecule has 0 aromatic heterocycles. The molecule has 5 heteroatoms. The van der Waals surface area contributed by atoms with E-state index in [4.69, 9.17) is 14.2 Å². The first kappa shape index (κ1) is 21.1. The van der Waals surface area contributed by atoms with Crippen molar-refractivity contribution < 1.29 is 24.4 Å². The van der Waals surface area contributed by atoms with Gasteiger partial charge in [-0.15, -0.1) is 0 Å². The summed E-state index contributed by atoms with van der Waals surface area (Å²) in [4.78, 5) is 0. The Kier molecular flexibility index (Phi) is 4.02. The Bertz CT molecular complexity index is 1050. The van der Waals surface area contributed by atoms with Crippen molar-refractivity contribution in [1.82, 2.24) is 0 Å². The minimum Gasteiger partial charge on any atom is -0.388 e. The molecule has 3 heterocycles. The molecule has 3 aliphatic carbocycles. The monoisotopic (exact) mass is 452 g/mol. The molecule has 1 saturated carbocycles. The summed E-state index contributed by atoms with van der Waals surface area (Å²) >= 11 is 0. The zero-order valence-corrected chi connectivity index (χ0v) is 20.1. The zero-order chi connectivity index (χ0) is 23.0. The van der Waals surface area contributed by atoms with Crippen LogP contribution >= 0.6 is 0 Å². The van der Waals surface area contributed by atoms with Gasteiger partial charge in [0.15, 0.2) is 6.29 Å². The first-order chi connectivity index (χ1) is 15.6. The molecule has 6 aliphatic rings. The lowest BCUT2D eigenvalue weighted by atomic mass is 9.49. The van der Waals surface area contributed by atoms with Crippen LogP contribution in [0.5, 0.6) is 0 Å². The van der Waals surface area contributed by atoms with Gasteiger partial charge in [0.2, 0.25) is 0 Å². The minimum absolute atomic E-state index is 0.0618. The van der Waals surface area contributed by atoms with Gasteiger partial charge in [-0.1, -0.05) is 44.2 Å². The van der Waals surface area contributed by atoms with E-state index in [2.05, 4.69) is 45.0 Å². The van der Waals surface area contributed by atoms with Gasteiger partial charge in [-0.05, 0) is 68.1 Å². The number of aliphatic hydroxyl groups is 2. The Morgan fingerprint density at radius 3 is 2.76 bits per heavy atom. The summed E-state index contributed by atoms with van der Waals surface area (Å²) in [5.41, 5.74) is 2.94. The third-order valence-corrected chi connectivity index (χ3v) is 11.0. The van der Waals surface area contributed by atoms with E-state index in [1.54, 1.807) is 0 Å².